The summed E-state index contributed by atoms with van der Waals surface area (Å²) in [6, 6.07) is 11.6. The Morgan fingerprint density at radius 1 is 1.10 bits per heavy atom. The first kappa shape index (κ1) is 24.4. The summed E-state index contributed by atoms with van der Waals surface area (Å²) in [6.07, 6.45) is 1.51. The summed E-state index contributed by atoms with van der Waals surface area (Å²) < 4.78 is 12.0. The fourth-order valence-corrected chi connectivity index (χ4v) is 3.37. The van der Waals surface area contributed by atoms with Crippen molar-refractivity contribution in [3.05, 3.63) is 58.1 Å². The van der Waals surface area contributed by atoms with Crippen molar-refractivity contribution in [3.8, 4) is 11.5 Å². The number of hydrazone groups is 1. The van der Waals surface area contributed by atoms with Crippen molar-refractivity contribution >= 4 is 34.0 Å². The topological polar surface area (TPSA) is 89.0 Å². The summed E-state index contributed by atoms with van der Waals surface area (Å²) in [6.45, 7) is 8.50. The zero-order valence-corrected chi connectivity index (χ0v) is 19.7. The van der Waals surface area contributed by atoms with Gasteiger partial charge in [0, 0.05) is 5.56 Å². The second-order valence-corrected chi connectivity index (χ2v) is 7.85. The smallest absolute Gasteiger partial charge is 0.262 e. The van der Waals surface area contributed by atoms with Crippen molar-refractivity contribution in [1.82, 2.24) is 10.7 Å². The molecule has 2 amide bonds. The van der Waals surface area contributed by atoms with E-state index >= 15 is 0 Å². The first-order chi connectivity index (χ1) is 14.9. The number of nitrogens with zero attached hydrogens (tertiary/aromatic N) is 1. The Morgan fingerprint density at radius 2 is 1.77 bits per heavy atom. The monoisotopic (exact) mass is 489 g/mol. The zero-order valence-electron chi connectivity index (χ0n) is 18.1. The highest BCUT2D eigenvalue weighted by Crippen LogP contribution is 2.36. The van der Waals surface area contributed by atoms with E-state index in [1.54, 1.807) is 30.3 Å². The molecule has 2 aromatic carbocycles. The lowest BCUT2D eigenvalue weighted by atomic mass is 10.0. The first-order valence-corrected chi connectivity index (χ1v) is 10.9. The average molecular weight is 490 g/mol. The van der Waals surface area contributed by atoms with Gasteiger partial charge < -0.3 is 14.8 Å². The average Bonchev–Trinajstić information content (AvgIpc) is 2.74. The minimum atomic E-state index is -0.726. The normalized spacial score (nSPS) is 11.9. The van der Waals surface area contributed by atoms with E-state index in [0.29, 0.717) is 35.8 Å². The molecule has 2 aromatic rings. The second kappa shape index (κ2) is 12.1. The Balaban J connectivity index is 2.09. The van der Waals surface area contributed by atoms with E-state index in [1.165, 1.54) is 6.21 Å². The van der Waals surface area contributed by atoms with Crippen LogP contribution in [0.2, 0.25) is 0 Å². The predicted octanol–water partition coefficient (Wildman–Crippen LogP) is 4.15. The van der Waals surface area contributed by atoms with Crippen LogP contribution in [0.15, 0.2) is 52.0 Å². The van der Waals surface area contributed by atoms with E-state index in [0.717, 1.165) is 4.47 Å². The van der Waals surface area contributed by atoms with Crippen LogP contribution in [0.5, 0.6) is 11.5 Å². The Kier molecular flexibility index (Phi) is 9.52. The number of amides is 2. The van der Waals surface area contributed by atoms with E-state index in [9.17, 15) is 9.59 Å². The molecule has 166 valence electrons. The van der Waals surface area contributed by atoms with Crippen LogP contribution in [0, 0.1) is 5.92 Å². The van der Waals surface area contributed by atoms with Crippen molar-refractivity contribution in [1.29, 1.82) is 0 Å². The van der Waals surface area contributed by atoms with Gasteiger partial charge >= 0.3 is 0 Å². The van der Waals surface area contributed by atoms with Gasteiger partial charge in [0.05, 0.1) is 23.9 Å². The van der Waals surface area contributed by atoms with Crippen LogP contribution in [0.4, 0.5) is 0 Å². The Hall–Kier alpha value is -2.87. The molecule has 0 fully saturated rings. The van der Waals surface area contributed by atoms with Crippen LogP contribution < -0.4 is 20.2 Å². The summed E-state index contributed by atoms with van der Waals surface area (Å²) >= 11 is 3.48. The van der Waals surface area contributed by atoms with Crippen LogP contribution in [0.25, 0.3) is 0 Å². The van der Waals surface area contributed by atoms with Gasteiger partial charge in [-0.25, -0.2) is 5.43 Å². The Bertz CT molecular complexity index is 917. The number of carbonyl (C=O) groups excluding carboxylic acids is 2. The van der Waals surface area contributed by atoms with E-state index in [2.05, 4.69) is 31.8 Å². The molecular formula is C23H28BrN3O4. The number of benzene rings is 2. The summed E-state index contributed by atoms with van der Waals surface area (Å²) in [4.78, 5) is 25.0. The van der Waals surface area contributed by atoms with E-state index in [1.807, 2.05) is 39.8 Å². The van der Waals surface area contributed by atoms with Gasteiger partial charge in [-0.2, -0.15) is 5.10 Å². The van der Waals surface area contributed by atoms with Crippen molar-refractivity contribution in [3.63, 3.8) is 0 Å². The van der Waals surface area contributed by atoms with E-state index < -0.39 is 11.9 Å². The van der Waals surface area contributed by atoms with Gasteiger partial charge in [0.2, 0.25) is 0 Å². The minimum Gasteiger partial charge on any atom is -0.490 e. The quantitative estimate of drug-likeness (QED) is 0.387. The molecule has 8 heteroatoms. The largest absolute Gasteiger partial charge is 0.490 e. The molecule has 1 atom stereocenters. The number of rotatable bonds is 10. The second-order valence-electron chi connectivity index (χ2n) is 6.99. The minimum absolute atomic E-state index is 0.118. The summed E-state index contributed by atoms with van der Waals surface area (Å²) in [5.74, 6) is 0.378. The summed E-state index contributed by atoms with van der Waals surface area (Å²) in [5, 5.41) is 6.82. The Morgan fingerprint density at radius 3 is 2.39 bits per heavy atom. The molecular weight excluding hydrogens is 462 g/mol. The highest BCUT2D eigenvalue weighted by atomic mass is 79.9. The number of hydrogen-bond acceptors (Lipinski definition) is 5. The third-order valence-electron chi connectivity index (χ3n) is 4.28. The number of ether oxygens (including phenoxy) is 2. The lowest BCUT2D eigenvalue weighted by molar-refractivity contribution is -0.123. The molecule has 0 aliphatic rings. The first-order valence-electron chi connectivity index (χ1n) is 10.1. The van der Waals surface area contributed by atoms with Gasteiger partial charge in [-0.15, -0.1) is 0 Å². The van der Waals surface area contributed by atoms with Crippen molar-refractivity contribution < 1.29 is 19.1 Å². The maximum atomic E-state index is 12.6. The molecule has 7 nitrogen and oxygen atoms in total. The van der Waals surface area contributed by atoms with Gasteiger partial charge in [-0.1, -0.05) is 32.0 Å². The molecule has 31 heavy (non-hydrogen) atoms. The number of nitrogens with one attached hydrogen (secondary N) is 2. The van der Waals surface area contributed by atoms with Gasteiger partial charge in [-0.3, -0.25) is 9.59 Å². The SMILES string of the molecule is CCOc1cc(C=NNC(=O)C(NC(=O)c2ccccc2)C(C)C)cc(Br)c1OCC. The van der Waals surface area contributed by atoms with Crippen LogP contribution >= 0.6 is 15.9 Å². The molecule has 0 saturated carbocycles. The van der Waals surface area contributed by atoms with Gasteiger partial charge in [0.1, 0.15) is 6.04 Å². The molecule has 2 N–H and O–H groups in total. The molecule has 0 aromatic heterocycles. The van der Waals surface area contributed by atoms with Crippen LogP contribution in [-0.2, 0) is 4.79 Å². The lowest BCUT2D eigenvalue weighted by Crippen LogP contribution is -2.48. The van der Waals surface area contributed by atoms with Gasteiger partial charge in [0.15, 0.2) is 11.5 Å². The van der Waals surface area contributed by atoms with Gasteiger partial charge in [-0.05, 0) is 65.5 Å². The number of carbonyl (C=O) groups is 2. The molecule has 0 radical (unpaired) electrons. The summed E-state index contributed by atoms with van der Waals surface area (Å²) in [7, 11) is 0. The van der Waals surface area contributed by atoms with Crippen LogP contribution in [0.3, 0.4) is 0 Å². The zero-order chi connectivity index (χ0) is 22.8. The Labute approximate surface area is 191 Å². The standard InChI is InChI=1S/C23H28BrN3O4/c1-5-30-19-13-16(12-18(24)21(19)31-6-2)14-25-27-23(29)20(15(3)4)26-22(28)17-10-8-7-9-11-17/h7-15,20H,5-6H2,1-4H3,(H,26,28)(H,27,29). The van der Waals surface area contributed by atoms with Crippen molar-refractivity contribution in [2.24, 2.45) is 11.0 Å². The third kappa shape index (κ3) is 7.10. The molecule has 0 bridgehead atoms. The van der Waals surface area contributed by atoms with Crippen LogP contribution in [0.1, 0.15) is 43.6 Å². The molecule has 0 aliphatic heterocycles. The molecule has 0 saturated heterocycles. The van der Waals surface area contributed by atoms with Crippen molar-refractivity contribution in [2.75, 3.05) is 13.2 Å². The van der Waals surface area contributed by atoms with Gasteiger partial charge in [0.25, 0.3) is 11.8 Å². The van der Waals surface area contributed by atoms with Crippen molar-refractivity contribution in [2.45, 2.75) is 33.7 Å². The van der Waals surface area contributed by atoms with Crippen LogP contribution in [-0.4, -0.2) is 37.3 Å². The number of hydrogen-bond donors (Lipinski definition) is 2. The molecule has 1 unspecified atom stereocenters. The highest BCUT2D eigenvalue weighted by Gasteiger charge is 2.24. The van der Waals surface area contributed by atoms with E-state index in [-0.39, 0.29) is 11.8 Å². The predicted molar refractivity (Wildman–Crippen MR) is 125 cm³/mol. The lowest BCUT2D eigenvalue weighted by Gasteiger charge is -2.20. The molecule has 0 spiro atoms. The number of halogens is 1. The highest BCUT2D eigenvalue weighted by molar-refractivity contribution is 9.10. The fourth-order valence-electron chi connectivity index (χ4n) is 2.80. The maximum absolute atomic E-state index is 12.6. The van der Waals surface area contributed by atoms with E-state index in [4.69, 9.17) is 9.47 Å². The summed E-state index contributed by atoms with van der Waals surface area (Å²) in [5.41, 5.74) is 3.72. The molecule has 2 rings (SSSR count). The maximum Gasteiger partial charge on any atom is 0.262 e. The molecule has 0 aliphatic carbocycles. The molecule has 0 heterocycles. The fraction of sp³-hybridized carbons (Fsp3) is 0.348. The third-order valence-corrected chi connectivity index (χ3v) is 4.87.